The van der Waals surface area contributed by atoms with Gasteiger partial charge in [-0.2, -0.15) is 0 Å². The Morgan fingerprint density at radius 3 is 2.42 bits per heavy atom. The number of hydrogen-bond acceptors (Lipinski definition) is 2. The number of hydrogen-bond donors (Lipinski definition) is 2. The molecule has 0 unspecified atom stereocenters. The second kappa shape index (κ2) is 8.22. The first-order chi connectivity index (χ1) is 15.1. The fourth-order valence-electron chi connectivity index (χ4n) is 4.99. The molecule has 5 nitrogen and oxygen atoms in total. The number of carbonyl (C=O) groups excluding carboxylic acids is 1. The molecule has 0 bridgehead atoms. The predicted molar refractivity (Wildman–Crippen MR) is 121 cm³/mol. The van der Waals surface area contributed by atoms with Crippen LogP contribution in [0.5, 0.6) is 0 Å². The average Bonchev–Trinajstić information content (AvgIpc) is 3.35. The van der Waals surface area contributed by atoms with Gasteiger partial charge in [-0.25, -0.2) is 4.79 Å². The summed E-state index contributed by atoms with van der Waals surface area (Å²) in [6, 6.07) is 15.6. The molecule has 160 valence electrons. The largest absolute Gasteiger partial charge is 0.478 e. The highest BCUT2D eigenvalue weighted by atomic mass is 16.4. The highest BCUT2D eigenvalue weighted by Crippen LogP contribution is 2.45. The van der Waals surface area contributed by atoms with Gasteiger partial charge in [0.05, 0.1) is 16.8 Å². The number of fused-ring (bicyclic) bond motifs is 1. The van der Waals surface area contributed by atoms with Crippen molar-refractivity contribution in [1.29, 1.82) is 0 Å². The standard InChI is InChI=1S/C26H28N2O3/c29-23(27-15-17-10-11-17)16-28-22-14-20(26(30)31)12-13-21(22)24(18-6-4-5-7-18)25(28)19-8-2-1-3-9-19/h1-3,8-9,12-14,17-18H,4-7,10-11,15-16H2,(H,27,29)(H,30,31). The van der Waals surface area contributed by atoms with Crippen LogP contribution in [0.1, 0.15) is 60.4 Å². The van der Waals surface area contributed by atoms with Crippen molar-refractivity contribution in [2.24, 2.45) is 5.92 Å². The highest BCUT2D eigenvalue weighted by Gasteiger charge is 2.29. The monoisotopic (exact) mass is 416 g/mol. The maximum atomic E-state index is 12.9. The van der Waals surface area contributed by atoms with E-state index >= 15 is 0 Å². The van der Waals surface area contributed by atoms with Crippen LogP contribution in [-0.4, -0.2) is 28.1 Å². The summed E-state index contributed by atoms with van der Waals surface area (Å²) in [6.07, 6.45) is 7.06. The van der Waals surface area contributed by atoms with Crippen molar-refractivity contribution >= 4 is 22.8 Å². The van der Waals surface area contributed by atoms with Gasteiger partial charge in [-0.1, -0.05) is 49.2 Å². The van der Waals surface area contributed by atoms with Crippen LogP contribution in [0.25, 0.3) is 22.2 Å². The minimum absolute atomic E-state index is 0.0142. The van der Waals surface area contributed by atoms with E-state index in [4.69, 9.17) is 0 Å². The molecule has 2 N–H and O–H groups in total. The van der Waals surface area contributed by atoms with Crippen molar-refractivity contribution in [1.82, 2.24) is 9.88 Å². The van der Waals surface area contributed by atoms with Crippen molar-refractivity contribution in [2.75, 3.05) is 6.54 Å². The second-order valence-corrected chi connectivity index (χ2v) is 8.98. The maximum Gasteiger partial charge on any atom is 0.335 e. The van der Waals surface area contributed by atoms with Gasteiger partial charge in [-0.3, -0.25) is 4.79 Å². The predicted octanol–water partition coefficient (Wildman–Crippen LogP) is 5.19. The first-order valence-electron chi connectivity index (χ1n) is 11.3. The van der Waals surface area contributed by atoms with E-state index in [1.807, 2.05) is 28.8 Å². The number of benzene rings is 2. The highest BCUT2D eigenvalue weighted by molar-refractivity contribution is 5.99. The number of carboxylic acids is 1. The summed E-state index contributed by atoms with van der Waals surface area (Å²) in [7, 11) is 0. The molecule has 2 fully saturated rings. The van der Waals surface area contributed by atoms with Crippen molar-refractivity contribution in [3.8, 4) is 11.3 Å². The van der Waals surface area contributed by atoms with Crippen LogP contribution in [0, 0.1) is 5.92 Å². The summed E-state index contributed by atoms with van der Waals surface area (Å²) in [5, 5.41) is 13.7. The molecule has 5 heteroatoms. The number of carboxylic acid groups (broad SMARTS) is 1. The lowest BCUT2D eigenvalue weighted by Crippen LogP contribution is -2.29. The van der Waals surface area contributed by atoms with Gasteiger partial charge in [0.1, 0.15) is 6.54 Å². The number of amides is 1. The Kier molecular flexibility index (Phi) is 5.26. The van der Waals surface area contributed by atoms with Crippen LogP contribution in [-0.2, 0) is 11.3 Å². The number of carbonyl (C=O) groups is 2. The first-order valence-corrected chi connectivity index (χ1v) is 11.3. The summed E-state index contributed by atoms with van der Waals surface area (Å²) in [6.45, 7) is 0.928. The molecule has 0 spiro atoms. The normalized spacial score (nSPS) is 16.6. The lowest BCUT2D eigenvalue weighted by atomic mass is 9.92. The summed E-state index contributed by atoms with van der Waals surface area (Å²) < 4.78 is 2.05. The smallest absolute Gasteiger partial charge is 0.335 e. The van der Waals surface area contributed by atoms with Gasteiger partial charge in [0.15, 0.2) is 0 Å². The van der Waals surface area contributed by atoms with Crippen molar-refractivity contribution < 1.29 is 14.7 Å². The van der Waals surface area contributed by atoms with Crippen LogP contribution in [0.2, 0.25) is 0 Å². The molecular formula is C26H28N2O3. The second-order valence-electron chi connectivity index (χ2n) is 8.98. The molecule has 5 rings (SSSR count). The zero-order valence-corrected chi connectivity index (χ0v) is 17.6. The molecule has 31 heavy (non-hydrogen) atoms. The molecule has 0 saturated heterocycles. The minimum Gasteiger partial charge on any atom is -0.478 e. The van der Waals surface area contributed by atoms with Crippen LogP contribution in [0.15, 0.2) is 48.5 Å². The molecule has 1 aromatic heterocycles. The Morgan fingerprint density at radius 1 is 1.00 bits per heavy atom. The Morgan fingerprint density at radius 2 is 1.74 bits per heavy atom. The van der Waals surface area contributed by atoms with E-state index in [9.17, 15) is 14.7 Å². The quantitative estimate of drug-likeness (QED) is 0.557. The van der Waals surface area contributed by atoms with Gasteiger partial charge in [-0.05, 0) is 60.8 Å². The maximum absolute atomic E-state index is 12.9. The fourth-order valence-corrected chi connectivity index (χ4v) is 4.99. The topological polar surface area (TPSA) is 71.3 Å². The van der Waals surface area contributed by atoms with Gasteiger partial charge in [0.25, 0.3) is 0 Å². The lowest BCUT2D eigenvalue weighted by Gasteiger charge is -2.16. The zero-order chi connectivity index (χ0) is 21.4. The lowest BCUT2D eigenvalue weighted by molar-refractivity contribution is -0.121. The Hall–Kier alpha value is -3.08. The zero-order valence-electron chi connectivity index (χ0n) is 17.6. The molecule has 0 radical (unpaired) electrons. The van der Waals surface area contributed by atoms with Gasteiger partial charge >= 0.3 is 5.97 Å². The molecule has 2 saturated carbocycles. The van der Waals surface area contributed by atoms with Gasteiger partial charge in [-0.15, -0.1) is 0 Å². The minimum atomic E-state index is -0.948. The van der Waals surface area contributed by atoms with Crippen molar-refractivity contribution in [3.05, 3.63) is 59.7 Å². The van der Waals surface area contributed by atoms with Crippen LogP contribution in [0.4, 0.5) is 0 Å². The number of aromatic carboxylic acids is 1. The number of aromatic nitrogens is 1. The molecule has 1 amide bonds. The van der Waals surface area contributed by atoms with E-state index in [2.05, 4.69) is 17.4 Å². The number of nitrogens with one attached hydrogen (secondary N) is 1. The van der Waals surface area contributed by atoms with E-state index in [1.165, 1.54) is 31.2 Å². The van der Waals surface area contributed by atoms with Gasteiger partial charge < -0.3 is 15.0 Å². The summed E-state index contributed by atoms with van der Waals surface area (Å²) >= 11 is 0. The number of nitrogens with zero attached hydrogens (tertiary/aromatic N) is 1. The SMILES string of the molecule is O=C(Cn1c(-c2ccccc2)c(C2CCCC2)c2ccc(C(=O)O)cc21)NCC1CC1. The van der Waals surface area contributed by atoms with E-state index in [0.29, 0.717) is 11.8 Å². The Balaban J connectivity index is 1.68. The molecule has 2 aliphatic rings. The first kappa shape index (κ1) is 19.9. The van der Waals surface area contributed by atoms with E-state index in [-0.39, 0.29) is 18.0 Å². The summed E-state index contributed by atoms with van der Waals surface area (Å²) in [5.41, 5.74) is 4.49. The average molecular weight is 417 g/mol. The third-order valence-corrected chi connectivity index (χ3v) is 6.75. The van der Waals surface area contributed by atoms with Gasteiger partial charge in [0, 0.05) is 11.9 Å². The van der Waals surface area contributed by atoms with Gasteiger partial charge in [0.2, 0.25) is 5.91 Å². The van der Waals surface area contributed by atoms with Crippen molar-refractivity contribution in [3.63, 3.8) is 0 Å². The fraction of sp³-hybridized carbons (Fsp3) is 0.385. The van der Waals surface area contributed by atoms with E-state index in [1.54, 1.807) is 12.1 Å². The van der Waals surface area contributed by atoms with Crippen LogP contribution < -0.4 is 5.32 Å². The van der Waals surface area contributed by atoms with Crippen molar-refractivity contribution in [2.45, 2.75) is 51.0 Å². The Bertz CT molecular complexity index is 1120. The summed E-state index contributed by atoms with van der Waals surface area (Å²) in [5.74, 6) is 0.0898. The summed E-state index contributed by atoms with van der Waals surface area (Å²) in [4.78, 5) is 24.6. The number of rotatable bonds is 7. The Labute approximate surface area is 182 Å². The molecule has 1 heterocycles. The van der Waals surface area contributed by atoms with Crippen LogP contribution >= 0.6 is 0 Å². The molecule has 0 atom stereocenters. The molecular weight excluding hydrogens is 388 g/mol. The van der Waals surface area contributed by atoms with Crippen LogP contribution in [0.3, 0.4) is 0 Å². The molecule has 0 aliphatic heterocycles. The third-order valence-electron chi connectivity index (χ3n) is 6.75. The molecule has 3 aromatic rings. The molecule has 2 aliphatic carbocycles. The van der Waals surface area contributed by atoms with E-state index < -0.39 is 5.97 Å². The van der Waals surface area contributed by atoms with E-state index in [0.717, 1.165) is 41.5 Å². The third kappa shape index (κ3) is 3.97. The molecule has 2 aromatic carbocycles.